The van der Waals surface area contributed by atoms with Gasteiger partial charge in [0.1, 0.15) is 11.8 Å². The number of carbonyl (C=O) groups is 1. The Balaban J connectivity index is 1.67. The highest BCUT2D eigenvalue weighted by Gasteiger charge is 2.20. The van der Waals surface area contributed by atoms with E-state index in [9.17, 15) is 10.1 Å². The fourth-order valence-corrected chi connectivity index (χ4v) is 3.93. The van der Waals surface area contributed by atoms with Crippen molar-refractivity contribution in [3.8, 4) is 11.8 Å². The molecule has 0 heterocycles. The van der Waals surface area contributed by atoms with Crippen LogP contribution in [0.5, 0.6) is 5.75 Å². The van der Waals surface area contributed by atoms with Crippen LogP contribution in [0.4, 0.5) is 0 Å². The lowest BCUT2D eigenvalue weighted by atomic mass is 9.79. The van der Waals surface area contributed by atoms with Crippen LogP contribution in [0.2, 0.25) is 0 Å². The topological polar surface area (TPSA) is 50.1 Å². The van der Waals surface area contributed by atoms with E-state index in [0.29, 0.717) is 22.8 Å². The zero-order valence-electron chi connectivity index (χ0n) is 16.9. The first kappa shape index (κ1) is 20.1. The maximum Gasteiger partial charge on any atom is 0.343 e. The Labute approximate surface area is 168 Å². The number of ether oxygens (including phenoxy) is 1. The molecule has 2 aromatic carbocycles. The molecule has 0 radical (unpaired) electrons. The summed E-state index contributed by atoms with van der Waals surface area (Å²) in [5.41, 5.74) is 3.34. The first-order valence-corrected chi connectivity index (χ1v) is 10.5. The standard InChI is InChI=1S/C25H29NO2/c1-3-4-5-19-8-15-24(23(16-19)17-26)28-25(27)22-13-11-21(12-14-22)20-9-6-18(2)7-10-20/h8,11-16,18,20H,3-7,9-10H2,1-2H3. The minimum Gasteiger partial charge on any atom is -0.422 e. The zero-order valence-corrected chi connectivity index (χ0v) is 16.9. The summed E-state index contributed by atoms with van der Waals surface area (Å²) in [7, 11) is 0. The molecule has 0 unspecified atom stereocenters. The van der Waals surface area contributed by atoms with Crippen LogP contribution in [0.15, 0.2) is 42.5 Å². The predicted octanol–water partition coefficient (Wildman–Crippen LogP) is 6.41. The average molecular weight is 376 g/mol. The molecule has 0 atom stereocenters. The second kappa shape index (κ2) is 9.55. The molecule has 0 aromatic heterocycles. The number of hydrogen-bond acceptors (Lipinski definition) is 3. The van der Waals surface area contributed by atoms with Crippen LogP contribution in [-0.2, 0) is 6.42 Å². The molecule has 0 aliphatic heterocycles. The van der Waals surface area contributed by atoms with Gasteiger partial charge < -0.3 is 4.74 Å². The molecular weight excluding hydrogens is 346 g/mol. The summed E-state index contributed by atoms with van der Waals surface area (Å²) < 4.78 is 5.52. The Hall–Kier alpha value is -2.60. The SMILES string of the molecule is CCCCc1ccc(OC(=O)c2ccc(C3CCC(C)CC3)cc2)c(C#N)c1. The Morgan fingerprint density at radius 2 is 1.82 bits per heavy atom. The lowest BCUT2D eigenvalue weighted by Crippen LogP contribution is -2.12. The fourth-order valence-electron chi connectivity index (χ4n) is 3.93. The van der Waals surface area contributed by atoms with Crippen LogP contribution in [0.25, 0.3) is 0 Å². The Morgan fingerprint density at radius 1 is 1.11 bits per heavy atom. The summed E-state index contributed by atoms with van der Waals surface area (Å²) in [6.45, 7) is 4.46. The normalized spacial score (nSPS) is 19.0. The van der Waals surface area contributed by atoms with Gasteiger partial charge in [-0.3, -0.25) is 0 Å². The molecule has 0 N–H and O–H groups in total. The van der Waals surface area contributed by atoms with Crippen LogP contribution < -0.4 is 4.74 Å². The van der Waals surface area contributed by atoms with Gasteiger partial charge in [-0.15, -0.1) is 0 Å². The van der Waals surface area contributed by atoms with E-state index in [0.717, 1.165) is 30.7 Å². The molecule has 1 fully saturated rings. The van der Waals surface area contributed by atoms with Crippen LogP contribution in [0, 0.1) is 17.2 Å². The number of rotatable bonds is 6. The van der Waals surface area contributed by atoms with Gasteiger partial charge in [0.25, 0.3) is 0 Å². The summed E-state index contributed by atoms with van der Waals surface area (Å²) in [4.78, 5) is 12.5. The van der Waals surface area contributed by atoms with E-state index in [2.05, 4.69) is 32.0 Å². The minimum atomic E-state index is -0.415. The van der Waals surface area contributed by atoms with Crippen molar-refractivity contribution in [1.29, 1.82) is 5.26 Å². The quantitative estimate of drug-likeness (QED) is 0.433. The van der Waals surface area contributed by atoms with Crippen LogP contribution in [0.1, 0.15) is 85.3 Å². The number of nitrogens with zero attached hydrogens (tertiary/aromatic N) is 1. The first-order chi connectivity index (χ1) is 13.6. The predicted molar refractivity (Wildman–Crippen MR) is 112 cm³/mol. The summed E-state index contributed by atoms with van der Waals surface area (Å²) >= 11 is 0. The van der Waals surface area contributed by atoms with E-state index in [4.69, 9.17) is 4.74 Å². The van der Waals surface area contributed by atoms with Crippen molar-refractivity contribution in [2.45, 2.75) is 64.7 Å². The summed E-state index contributed by atoms with van der Waals surface area (Å²) in [6.07, 6.45) is 8.12. The van der Waals surface area contributed by atoms with E-state index < -0.39 is 5.97 Å². The molecule has 2 aromatic rings. The molecule has 3 nitrogen and oxygen atoms in total. The van der Waals surface area contributed by atoms with E-state index in [1.54, 1.807) is 6.07 Å². The number of hydrogen-bond donors (Lipinski definition) is 0. The summed E-state index contributed by atoms with van der Waals surface area (Å²) in [5.74, 6) is 1.34. The van der Waals surface area contributed by atoms with Crippen molar-refractivity contribution in [3.05, 3.63) is 64.7 Å². The van der Waals surface area contributed by atoms with Gasteiger partial charge in [-0.25, -0.2) is 4.79 Å². The number of esters is 1. The number of carbonyl (C=O) groups excluding carboxylic acids is 1. The third-order valence-corrected chi connectivity index (χ3v) is 5.82. The number of unbranched alkanes of at least 4 members (excludes halogenated alkanes) is 1. The molecule has 0 spiro atoms. The largest absolute Gasteiger partial charge is 0.422 e. The third-order valence-electron chi connectivity index (χ3n) is 5.82. The number of benzene rings is 2. The van der Waals surface area contributed by atoms with Crippen LogP contribution in [-0.4, -0.2) is 5.97 Å². The van der Waals surface area contributed by atoms with Gasteiger partial charge in [-0.05, 0) is 72.9 Å². The Morgan fingerprint density at radius 3 is 2.46 bits per heavy atom. The van der Waals surface area contributed by atoms with Crippen LogP contribution >= 0.6 is 0 Å². The lowest BCUT2D eigenvalue weighted by molar-refractivity contribution is 0.0734. The zero-order chi connectivity index (χ0) is 19.9. The molecule has 0 saturated heterocycles. The molecule has 28 heavy (non-hydrogen) atoms. The van der Waals surface area contributed by atoms with Crippen molar-refractivity contribution in [2.24, 2.45) is 5.92 Å². The smallest absolute Gasteiger partial charge is 0.343 e. The highest BCUT2D eigenvalue weighted by atomic mass is 16.5. The van der Waals surface area contributed by atoms with Gasteiger partial charge in [0.15, 0.2) is 0 Å². The van der Waals surface area contributed by atoms with Crippen molar-refractivity contribution in [2.75, 3.05) is 0 Å². The maximum atomic E-state index is 12.5. The molecular formula is C25H29NO2. The molecule has 1 aliphatic rings. The summed E-state index contributed by atoms with van der Waals surface area (Å²) in [6, 6.07) is 15.4. The molecule has 0 bridgehead atoms. The van der Waals surface area contributed by atoms with Gasteiger partial charge in [-0.1, -0.05) is 51.3 Å². The highest BCUT2D eigenvalue weighted by Crippen LogP contribution is 2.35. The van der Waals surface area contributed by atoms with Gasteiger partial charge in [0.2, 0.25) is 0 Å². The maximum absolute atomic E-state index is 12.5. The summed E-state index contributed by atoms with van der Waals surface area (Å²) in [5, 5.41) is 9.41. The van der Waals surface area contributed by atoms with E-state index in [-0.39, 0.29) is 0 Å². The van der Waals surface area contributed by atoms with Gasteiger partial charge in [0.05, 0.1) is 11.1 Å². The third kappa shape index (κ3) is 5.01. The van der Waals surface area contributed by atoms with Crippen molar-refractivity contribution in [3.63, 3.8) is 0 Å². The number of aryl methyl sites for hydroxylation is 1. The molecule has 1 saturated carbocycles. The van der Waals surface area contributed by atoms with Crippen LogP contribution in [0.3, 0.4) is 0 Å². The number of nitriles is 1. The Bertz CT molecular complexity index is 840. The van der Waals surface area contributed by atoms with E-state index in [1.165, 1.54) is 31.2 Å². The lowest BCUT2D eigenvalue weighted by Gasteiger charge is -2.26. The molecule has 3 heteroatoms. The van der Waals surface area contributed by atoms with Crippen molar-refractivity contribution < 1.29 is 9.53 Å². The Kier molecular flexibility index (Phi) is 6.87. The highest BCUT2D eigenvalue weighted by molar-refractivity contribution is 5.91. The fraction of sp³-hybridized carbons (Fsp3) is 0.440. The van der Waals surface area contributed by atoms with Crippen molar-refractivity contribution >= 4 is 5.97 Å². The molecule has 1 aliphatic carbocycles. The second-order valence-corrected chi connectivity index (χ2v) is 8.01. The monoisotopic (exact) mass is 375 g/mol. The van der Waals surface area contributed by atoms with Gasteiger partial charge in [-0.2, -0.15) is 5.26 Å². The second-order valence-electron chi connectivity index (χ2n) is 8.01. The van der Waals surface area contributed by atoms with Gasteiger partial charge in [0, 0.05) is 0 Å². The minimum absolute atomic E-state index is 0.332. The molecule has 3 rings (SSSR count). The molecule has 0 amide bonds. The van der Waals surface area contributed by atoms with E-state index in [1.807, 2.05) is 24.3 Å². The first-order valence-electron chi connectivity index (χ1n) is 10.5. The van der Waals surface area contributed by atoms with Gasteiger partial charge >= 0.3 is 5.97 Å². The average Bonchev–Trinajstić information content (AvgIpc) is 2.73. The van der Waals surface area contributed by atoms with E-state index >= 15 is 0 Å². The van der Waals surface area contributed by atoms with Crippen molar-refractivity contribution in [1.82, 2.24) is 0 Å². The molecule has 146 valence electrons.